The van der Waals surface area contributed by atoms with E-state index in [1.54, 1.807) is 17.8 Å². The summed E-state index contributed by atoms with van der Waals surface area (Å²) in [6, 6.07) is 7.63. The number of aromatic nitrogens is 4. The smallest absolute Gasteiger partial charge is 0.316 e. The van der Waals surface area contributed by atoms with Gasteiger partial charge in [0, 0.05) is 5.39 Å². The number of carboxylic acid groups (broad SMARTS) is 1. The number of fused-ring (bicyclic) bond motifs is 3. The second kappa shape index (κ2) is 4.51. The van der Waals surface area contributed by atoms with Gasteiger partial charge in [-0.3, -0.25) is 4.79 Å². The maximum Gasteiger partial charge on any atom is 0.316 e. The third-order valence-corrected chi connectivity index (χ3v) is 3.63. The minimum atomic E-state index is -0.883. The number of nitrogens with zero attached hydrogens (tertiary/aromatic N) is 4. The third kappa shape index (κ3) is 2.12. The monoisotopic (exact) mass is 274 g/mol. The minimum absolute atomic E-state index is 0.438. The third-order valence-electron chi connectivity index (χ3n) is 2.69. The van der Waals surface area contributed by atoms with Gasteiger partial charge in [0.05, 0.1) is 5.52 Å². The fourth-order valence-electron chi connectivity index (χ4n) is 1.72. The number of carbonyl (C=O) groups is 1. The predicted octanol–water partition coefficient (Wildman–Crippen LogP) is 1.84. The van der Waals surface area contributed by atoms with Gasteiger partial charge in [-0.25, -0.2) is 14.5 Å². The van der Waals surface area contributed by atoms with Crippen LogP contribution in [0.3, 0.4) is 0 Å². The lowest BCUT2D eigenvalue weighted by atomic mass is 10.2. The van der Waals surface area contributed by atoms with E-state index in [0.717, 1.165) is 22.7 Å². The zero-order valence-corrected chi connectivity index (χ0v) is 10.8. The second-order valence-corrected chi connectivity index (χ2v) is 5.33. The standard InChI is InChI=1S/C12H10N4O2S/c1-7(11(17)18)19-12-14-10-8-4-2-3-5-9(8)13-6-16(10)15-12/h2-7H,1H3,(H,17,18)/t7-/m0/s1. The Balaban J connectivity index is 2.10. The van der Waals surface area contributed by atoms with E-state index in [2.05, 4.69) is 15.1 Å². The fraction of sp³-hybridized carbons (Fsp3) is 0.167. The van der Waals surface area contributed by atoms with E-state index < -0.39 is 11.2 Å². The largest absolute Gasteiger partial charge is 0.480 e. The zero-order chi connectivity index (χ0) is 13.4. The Labute approximate surface area is 112 Å². The molecule has 0 aliphatic heterocycles. The molecule has 19 heavy (non-hydrogen) atoms. The van der Waals surface area contributed by atoms with Gasteiger partial charge < -0.3 is 5.11 Å². The van der Waals surface area contributed by atoms with Crippen LogP contribution in [0.5, 0.6) is 0 Å². The molecule has 0 fully saturated rings. The second-order valence-electron chi connectivity index (χ2n) is 4.02. The van der Waals surface area contributed by atoms with Crippen LogP contribution in [0.25, 0.3) is 16.6 Å². The number of carboxylic acids is 1. The summed E-state index contributed by atoms with van der Waals surface area (Å²) in [4.78, 5) is 19.5. The van der Waals surface area contributed by atoms with Gasteiger partial charge in [-0.1, -0.05) is 23.9 Å². The van der Waals surface area contributed by atoms with Gasteiger partial charge in [0.25, 0.3) is 0 Å². The lowest BCUT2D eigenvalue weighted by Crippen LogP contribution is -2.11. The molecular weight excluding hydrogens is 264 g/mol. The number of aliphatic carboxylic acids is 1. The highest BCUT2D eigenvalue weighted by atomic mass is 32.2. The summed E-state index contributed by atoms with van der Waals surface area (Å²) >= 11 is 1.12. The number of para-hydroxylation sites is 1. The highest BCUT2D eigenvalue weighted by Crippen LogP contribution is 2.23. The minimum Gasteiger partial charge on any atom is -0.480 e. The zero-order valence-electron chi connectivity index (χ0n) is 10.0. The highest BCUT2D eigenvalue weighted by Gasteiger charge is 2.16. The van der Waals surface area contributed by atoms with Crippen LogP contribution in [0.4, 0.5) is 0 Å². The Hall–Kier alpha value is -2.15. The van der Waals surface area contributed by atoms with Gasteiger partial charge in [-0.2, -0.15) is 0 Å². The van der Waals surface area contributed by atoms with E-state index in [9.17, 15) is 4.79 Å². The lowest BCUT2D eigenvalue weighted by Gasteiger charge is -1.99. The molecule has 2 heterocycles. The van der Waals surface area contributed by atoms with Gasteiger partial charge >= 0.3 is 5.97 Å². The lowest BCUT2D eigenvalue weighted by molar-refractivity contribution is -0.136. The molecule has 0 aliphatic rings. The van der Waals surface area contributed by atoms with Crippen LogP contribution in [0.2, 0.25) is 0 Å². The fourth-order valence-corrected chi connectivity index (χ4v) is 2.41. The molecular formula is C12H10N4O2S. The quantitative estimate of drug-likeness (QED) is 0.734. The van der Waals surface area contributed by atoms with Crippen LogP contribution in [-0.4, -0.2) is 35.9 Å². The van der Waals surface area contributed by atoms with Crippen molar-refractivity contribution in [3.63, 3.8) is 0 Å². The van der Waals surface area contributed by atoms with Crippen molar-refractivity contribution in [3.05, 3.63) is 30.6 Å². The molecule has 0 unspecified atom stereocenters. The van der Waals surface area contributed by atoms with E-state index in [0.29, 0.717) is 10.8 Å². The molecule has 0 spiro atoms. The molecule has 0 amide bonds. The molecule has 1 atom stereocenters. The molecule has 3 rings (SSSR count). The van der Waals surface area contributed by atoms with Gasteiger partial charge in [0.1, 0.15) is 11.6 Å². The van der Waals surface area contributed by atoms with Crippen LogP contribution in [0.1, 0.15) is 6.92 Å². The van der Waals surface area contributed by atoms with Gasteiger partial charge in [-0.15, -0.1) is 5.10 Å². The first-order valence-electron chi connectivity index (χ1n) is 5.65. The Morgan fingerprint density at radius 2 is 2.21 bits per heavy atom. The number of hydrogen-bond acceptors (Lipinski definition) is 5. The van der Waals surface area contributed by atoms with Crippen LogP contribution >= 0.6 is 11.8 Å². The summed E-state index contributed by atoms with van der Waals surface area (Å²) in [7, 11) is 0. The average molecular weight is 274 g/mol. The SMILES string of the molecule is C[C@H](Sc1nc2c3ccccc3ncn2n1)C(=O)O. The van der Waals surface area contributed by atoms with Crippen LogP contribution in [0.15, 0.2) is 35.7 Å². The van der Waals surface area contributed by atoms with E-state index in [4.69, 9.17) is 5.11 Å². The summed E-state index contributed by atoms with van der Waals surface area (Å²) < 4.78 is 1.57. The molecule has 7 heteroatoms. The van der Waals surface area contributed by atoms with Crippen molar-refractivity contribution >= 4 is 34.3 Å². The molecule has 6 nitrogen and oxygen atoms in total. The van der Waals surface area contributed by atoms with E-state index in [1.807, 2.05) is 24.3 Å². The van der Waals surface area contributed by atoms with E-state index in [-0.39, 0.29) is 0 Å². The van der Waals surface area contributed by atoms with Gasteiger partial charge in [0.15, 0.2) is 5.65 Å². The molecule has 1 aromatic carbocycles. The summed E-state index contributed by atoms with van der Waals surface area (Å²) in [6.07, 6.45) is 1.58. The highest BCUT2D eigenvalue weighted by molar-refractivity contribution is 8.00. The molecule has 0 saturated heterocycles. The maximum absolute atomic E-state index is 10.8. The molecule has 0 saturated carbocycles. The molecule has 0 bridgehead atoms. The predicted molar refractivity (Wildman–Crippen MR) is 71.2 cm³/mol. The van der Waals surface area contributed by atoms with E-state index >= 15 is 0 Å². The van der Waals surface area contributed by atoms with Crippen molar-refractivity contribution < 1.29 is 9.90 Å². The Morgan fingerprint density at radius 1 is 1.42 bits per heavy atom. The molecule has 0 radical (unpaired) electrons. The number of thioether (sulfide) groups is 1. The first-order chi connectivity index (χ1) is 9.15. The number of hydrogen-bond donors (Lipinski definition) is 1. The number of benzene rings is 1. The summed E-state index contributed by atoms with van der Waals surface area (Å²) in [5.41, 5.74) is 1.52. The summed E-state index contributed by atoms with van der Waals surface area (Å²) in [6.45, 7) is 1.61. The number of rotatable bonds is 3. The average Bonchev–Trinajstić information content (AvgIpc) is 2.81. The van der Waals surface area contributed by atoms with Gasteiger partial charge in [-0.05, 0) is 19.1 Å². The Bertz CT molecular complexity index is 771. The molecule has 0 aliphatic carbocycles. The maximum atomic E-state index is 10.8. The topological polar surface area (TPSA) is 80.4 Å². The summed E-state index contributed by atoms with van der Waals surface area (Å²) in [5.74, 6) is -0.883. The Kier molecular flexibility index (Phi) is 2.83. The van der Waals surface area contributed by atoms with Crippen molar-refractivity contribution in [1.82, 2.24) is 19.6 Å². The molecule has 1 N–H and O–H groups in total. The van der Waals surface area contributed by atoms with Crippen LogP contribution in [-0.2, 0) is 4.79 Å². The van der Waals surface area contributed by atoms with Crippen LogP contribution in [0, 0.1) is 0 Å². The molecule has 3 aromatic rings. The van der Waals surface area contributed by atoms with Crippen molar-refractivity contribution in [1.29, 1.82) is 0 Å². The van der Waals surface area contributed by atoms with E-state index in [1.165, 1.54) is 0 Å². The normalized spacial score (nSPS) is 12.9. The van der Waals surface area contributed by atoms with Crippen molar-refractivity contribution in [2.75, 3.05) is 0 Å². The first kappa shape index (κ1) is 11.9. The van der Waals surface area contributed by atoms with Crippen LogP contribution < -0.4 is 0 Å². The van der Waals surface area contributed by atoms with Crippen molar-refractivity contribution in [2.45, 2.75) is 17.3 Å². The van der Waals surface area contributed by atoms with Crippen molar-refractivity contribution in [2.24, 2.45) is 0 Å². The van der Waals surface area contributed by atoms with Crippen molar-refractivity contribution in [3.8, 4) is 0 Å². The van der Waals surface area contributed by atoms with Gasteiger partial charge in [0.2, 0.25) is 5.16 Å². The first-order valence-corrected chi connectivity index (χ1v) is 6.53. The Morgan fingerprint density at radius 3 is 3.00 bits per heavy atom. The molecule has 2 aromatic heterocycles. The molecule has 96 valence electrons. The summed E-state index contributed by atoms with van der Waals surface area (Å²) in [5, 5.41) is 13.9.